The van der Waals surface area contributed by atoms with Gasteiger partial charge in [-0.05, 0) is 23.1 Å². The summed E-state index contributed by atoms with van der Waals surface area (Å²) in [5, 5.41) is 6.84. The topological polar surface area (TPSA) is 72.2 Å². The number of fused-ring (bicyclic) bond motifs is 1. The van der Waals surface area contributed by atoms with Gasteiger partial charge >= 0.3 is 5.69 Å². The number of aryl methyl sites for hydroxylation is 1. The number of amides is 1. The second-order valence-corrected chi connectivity index (χ2v) is 6.74. The minimum atomic E-state index is -0.299. The van der Waals surface area contributed by atoms with E-state index in [4.69, 9.17) is 0 Å². The number of benzene rings is 1. The van der Waals surface area contributed by atoms with Gasteiger partial charge in [-0.1, -0.05) is 26.0 Å². The molecule has 1 aromatic carbocycles. The molecule has 1 amide bonds. The molecular weight excluding hydrogens is 306 g/mol. The first-order chi connectivity index (χ1) is 11.4. The monoisotopic (exact) mass is 329 g/mol. The Kier molecular flexibility index (Phi) is 4.53. The normalized spacial score (nSPS) is 14.2. The lowest BCUT2D eigenvalue weighted by molar-refractivity contribution is -0.117. The Morgan fingerprint density at radius 2 is 2.12 bits per heavy atom. The summed E-state index contributed by atoms with van der Waals surface area (Å²) < 4.78 is 2.50. The van der Waals surface area contributed by atoms with Gasteiger partial charge in [0.05, 0.1) is 0 Å². The second kappa shape index (κ2) is 6.60. The lowest BCUT2D eigenvalue weighted by Gasteiger charge is -2.17. The molecule has 7 nitrogen and oxygen atoms in total. The van der Waals surface area contributed by atoms with Crippen LogP contribution in [0.5, 0.6) is 0 Å². The zero-order valence-electron chi connectivity index (χ0n) is 14.3. The van der Waals surface area contributed by atoms with Crippen LogP contribution in [0.1, 0.15) is 25.0 Å². The lowest BCUT2D eigenvalue weighted by Crippen LogP contribution is -2.29. The maximum Gasteiger partial charge on any atom is 0.345 e. The SMILES string of the molecule is CC(C)CN1Cc2cccc(NC(=O)Cn3ncn(C)c3=O)c2C1. The van der Waals surface area contributed by atoms with Crippen LogP contribution in [0.25, 0.3) is 0 Å². The highest BCUT2D eigenvalue weighted by atomic mass is 16.2. The van der Waals surface area contributed by atoms with E-state index in [9.17, 15) is 9.59 Å². The van der Waals surface area contributed by atoms with Gasteiger partial charge in [0.25, 0.3) is 0 Å². The van der Waals surface area contributed by atoms with Crippen molar-refractivity contribution >= 4 is 11.6 Å². The molecule has 0 spiro atoms. The van der Waals surface area contributed by atoms with Crippen LogP contribution in [0.4, 0.5) is 5.69 Å². The number of aromatic nitrogens is 3. The first-order valence-corrected chi connectivity index (χ1v) is 8.15. The zero-order valence-corrected chi connectivity index (χ0v) is 14.3. The van der Waals surface area contributed by atoms with Crippen LogP contribution in [0, 0.1) is 5.92 Å². The number of nitrogens with one attached hydrogen (secondary N) is 1. The van der Waals surface area contributed by atoms with Crippen molar-refractivity contribution < 1.29 is 4.79 Å². The Balaban J connectivity index is 1.71. The summed E-state index contributed by atoms with van der Waals surface area (Å²) in [7, 11) is 1.61. The minimum absolute atomic E-state index is 0.0843. The van der Waals surface area contributed by atoms with E-state index in [1.807, 2.05) is 12.1 Å². The number of carbonyl (C=O) groups excluding carboxylic acids is 1. The van der Waals surface area contributed by atoms with E-state index in [1.165, 1.54) is 22.0 Å². The van der Waals surface area contributed by atoms with E-state index < -0.39 is 0 Å². The number of hydrogen-bond donors (Lipinski definition) is 1. The first kappa shape index (κ1) is 16.4. The van der Waals surface area contributed by atoms with Crippen LogP contribution in [-0.2, 0) is 31.5 Å². The molecule has 1 aliphatic rings. The third kappa shape index (κ3) is 3.41. The fourth-order valence-electron chi connectivity index (χ4n) is 3.11. The molecule has 0 aliphatic carbocycles. The molecule has 1 N–H and O–H groups in total. The summed E-state index contributed by atoms with van der Waals surface area (Å²) in [6.45, 7) is 7.11. The molecule has 0 atom stereocenters. The van der Waals surface area contributed by atoms with Gasteiger partial charge in [-0.25, -0.2) is 9.48 Å². The highest BCUT2D eigenvalue weighted by Gasteiger charge is 2.22. The molecule has 24 heavy (non-hydrogen) atoms. The Hall–Kier alpha value is -2.41. The van der Waals surface area contributed by atoms with E-state index in [0.717, 1.165) is 30.0 Å². The van der Waals surface area contributed by atoms with Gasteiger partial charge in [0.2, 0.25) is 5.91 Å². The number of hydrogen-bond acceptors (Lipinski definition) is 4. The van der Waals surface area contributed by atoms with Crippen molar-refractivity contribution in [2.75, 3.05) is 11.9 Å². The largest absolute Gasteiger partial charge is 0.345 e. The third-order valence-electron chi connectivity index (χ3n) is 4.13. The van der Waals surface area contributed by atoms with Crippen LogP contribution in [0.15, 0.2) is 29.3 Å². The first-order valence-electron chi connectivity index (χ1n) is 8.15. The number of rotatable bonds is 5. The summed E-state index contributed by atoms with van der Waals surface area (Å²) in [5.41, 5.74) is 2.95. The molecule has 0 bridgehead atoms. The molecule has 128 valence electrons. The maximum absolute atomic E-state index is 12.3. The molecule has 7 heteroatoms. The van der Waals surface area contributed by atoms with Crippen molar-refractivity contribution in [3.63, 3.8) is 0 Å². The Bertz CT molecular complexity index is 806. The highest BCUT2D eigenvalue weighted by Crippen LogP contribution is 2.29. The molecule has 2 aromatic rings. The molecule has 2 heterocycles. The van der Waals surface area contributed by atoms with Gasteiger partial charge in [0.1, 0.15) is 12.9 Å². The molecule has 0 saturated heterocycles. The fraction of sp³-hybridized carbons (Fsp3) is 0.471. The summed E-state index contributed by atoms with van der Waals surface area (Å²) >= 11 is 0. The van der Waals surface area contributed by atoms with Crippen LogP contribution >= 0.6 is 0 Å². The van der Waals surface area contributed by atoms with Gasteiger partial charge in [0.15, 0.2) is 0 Å². The van der Waals surface area contributed by atoms with Gasteiger partial charge in [0, 0.05) is 32.4 Å². The minimum Gasteiger partial charge on any atom is -0.324 e. The molecule has 1 aliphatic heterocycles. The van der Waals surface area contributed by atoms with Crippen molar-refractivity contribution in [2.24, 2.45) is 13.0 Å². The van der Waals surface area contributed by atoms with Crippen LogP contribution < -0.4 is 11.0 Å². The summed E-state index contributed by atoms with van der Waals surface area (Å²) in [6, 6.07) is 5.98. The summed E-state index contributed by atoms with van der Waals surface area (Å²) in [4.78, 5) is 26.4. The predicted molar refractivity (Wildman–Crippen MR) is 91.5 cm³/mol. The zero-order chi connectivity index (χ0) is 17.3. The average Bonchev–Trinajstić information content (AvgIpc) is 3.05. The Morgan fingerprint density at radius 3 is 2.79 bits per heavy atom. The van der Waals surface area contributed by atoms with Crippen molar-refractivity contribution in [3.8, 4) is 0 Å². The molecule has 0 saturated carbocycles. The van der Waals surface area contributed by atoms with Crippen molar-refractivity contribution in [2.45, 2.75) is 33.5 Å². The van der Waals surface area contributed by atoms with E-state index in [-0.39, 0.29) is 18.1 Å². The number of nitrogens with zero attached hydrogens (tertiary/aromatic N) is 4. The summed E-state index contributed by atoms with van der Waals surface area (Å²) in [5.74, 6) is 0.361. The van der Waals surface area contributed by atoms with E-state index in [2.05, 4.69) is 35.2 Å². The Morgan fingerprint density at radius 1 is 1.33 bits per heavy atom. The van der Waals surface area contributed by atoms with Gasteiger partial charge in [-0.3, -0.25) is 14.3 Å². The van der Waals surface area contributed by atoms with Crippen LogP contribution in [0.2, 0.25) is 0 Å². The Labute approximate surface area is 140 Å². The van der Waals surface area contributed by atoms with Crippen molar-refractivity contribution in [1.29, 1.82) is 0 Å². The quantitative estimate of drug-likeness (QED) is 0.894. The smallest absolute Gasteiger partial charge is 0.324 e. The molecule has 0 unspecified atom stereocenters. The van der Waals surface area contributed by atoms with E-state index in [1.54, 1.807) is 7.05 Å². The van der Waals surface area contributed by atoms with Gasteiger partial charge < -0.3 is 5.32 Å². The van der Waals surface area contributed by atoms with E-state index >= 15 is 0 Å². The maximum atomic E-state index is 12.3. The third-order valence-corrected chi connectivity index (χ3v) is 4.13. The standard InChI is InChI=1S/C17H23N5O2/c1-12(2)7-21-8-13-5-4-6-15(14(13)9-21)19-16(23)10-22-17(24)20(3)11-18-22/h4-6,11-12H,7-10H2,1-3H3,(H,19,23). The molecule has 0 fully saturated rings. The van der Waals surface area contributed by atoms with Crippen molar-refractivity contribution in [1.82, 2.24) is 19.2 Å². The second-order valence-electron chi connectivity index (χ2n) is 6.74. The molecule has 3 rings (SSSR count). The van der Waals surface area contributed by atoms with Crippen molar-refractivity contribution in [3.05, 3.63) is 46.1 Å². The van der Waals surface area contributed by atoms with Gasteiger partial charge in [-0.15, -0.1) is 0 Å². The molecule has 0 radical (unpaired) electrons. The number of anilines is 1. The average molecular weight is 329 g/mol. The highest BCUT2D eigenvalue weighted by molar-refractivity contribution is 5.91. The molecule has 1 aromatic heterocycles. The summed E-state index contributed by atoms with van der Waals surface area (Å²) in [6.07, 6.45) is 1.40. The van der Waals surface area contributed by atoms with Gasteiger partial charge in [-0.2, -0.15) is 5.10 Å². The van der Waals surface area contributed by atoms with Crippen LogP contribution in [0.3, 0.4) is 0 Å². The predicted octanol–water partition coefficient (Wildman–Crippen LogP) is 1.19. The van der Waals surface area contributed by atoms with Crippen LogP contribution in [-0.4, -0.2) is 31.7 Å². The number of carbonyl (C=O) groups is 1. The van der Waals surface area contributed by atoms with E-state index in [0.29, 0.717) is 5.92 Å². The lowest BCUT2D eigenvalue weighted by atomic mass is 10.1. The molecular formula is C17H23N5O2. The fourth-order valence-corrected chi connectivity index (χ4v) is 3.11.